The zero-order valence-electron chi connectivity index (χ0n) is 7.45. The van der Waals surface area contributed by atoms with Crippen LogP contribution >= 0.6 is 0 Å². The van der Waals surface area contributed by atoms with Gasteiger partial charge in [0.25, 0.3) is 5.91 Å². The van der Waals surface area contributed by atoms with Crippen LogP contribution in [0.2, 0.25) is 0 Å². The van der Waals surface area contributed by atoms with Crippen LogP contribution in [0.4, 0.5) is 5.69 Å². The molecule has 1 aromatic carbocycles. The van der Waals surface area contributed by atoms with E-state index < -0.39 is 0 Å². The lowest BCUT2D eigenvalue weighted by atomic mass is 10.3. The number of H-pyrrole nitrogens is 1. The van der Waals surface area contributed by atoms with Crippen LogP contribution in [0.15, 0.2) is 42.6 Å². The van der Waals surface area contributed by atoms with Crippen LogP contribution in [0, 0.1) is 6.20 Å². The van der Waals surface area contributed by atoms with Crippen LogP contribution in [-0.4, -0.2) is 10.9 Å². The average Bonchev–Trinajstić information content (AvgIpc) is 2.72. The molecule has 0 bridgehead atoms. The predicted molar refractivity (Wildman–Crippen MR) is 54.0 cm³/mol. The summed E-state index contributed by atoms with van der Waals surface area (Å²) in [5, 5.41) is 2.75. The Hall–Kier alpha value is -2.03. The largest absolute Gasteiger partial charge is 0.359 e. The summed E-state index contributed by atoms with van der Waals surface area (Å²) in [6.45, 7) is 0. The Labute approximate surface area is 81.8 Å². The van der Waals surface area contributed by atoms with Crippen LogP contribution in [0.25, 0.3) is 0 Å². The van der Waals surface area contributed by atoms with E-state index in [0.29, 0.717) is 5.56 Å². The Bertz CT molecular complexity index is 406. The summed E-state index contributed by atoms with van der Waals surface area (Å²) in [4.78, 5) is 14.2. The van der Waals surface area contributed by atoms with Gasteiger partial charge in [0, 0.05) is 11.9 Å². The van der Waals surface area contributed by atoms with Gasteiger partial charge in [-0.1, -0.05) is 18.2 Å². The Kier molecular flexibility index (Phi) is 2.32. The Morgan fingerprint density at radius 1 is 1.21 bits per heavy atom. The smallest absolute Gasteiger partial charge is 0.257 e. The van der Waals surface area contributed by atoms with Crippen LogP contribution in [0.3, 0.4) is 0 Å². The molecule has 3 heteroatoms. The Morgan fingerprint density at radius 2 is 2.00 bits per heavy atom. The van der Waals surface area contributed by atoms with E-state index in [-0.39, 0.29) is 5.91 Å². The lowest BCUT2D eigenvalue weighted by Gasteiger charge is -2.01. The minimum atomic E-state index is -0.155. The van der Waals surface area contributed by atoms with E-state index in [9.17, 15) is 4.79 Å². The van der Waals surface area contributed by atoms with E-state index >= 15 is 0 Å². The SMILES string of the molecule is O=C(Nc1ccccc1)c1[c][nH]cc1. The van der Waals surface area contributed by atoms with Gasteiger partial charge in [-0.25, -0.2) is 0 Å². The van der Waals surface area contributed by atoms with E-state index in [2.05, 4.69) is 16.5 Å². The third kappa shape index (κ3) is 1.82. The van der Waals surface area contributed by atoms with E-state index in [0.717, 1.165) is 5.69 Å². The molecule has 0 saturated heterocycles. The molecule has 2 N–H and O–H groups in total. The zero-order valence-corrected chi connectivity index (χ0v) is 7.45. The number of hydrogen-bond acceptors (Lipinski definition) is 1. The number of nitrogens with one attached hydrogen (secondary N) is 2. The first kappa shape index (κ1) is 8.56. The quantitative estimate of drug-likeness (QED) is 0.739. The molecule has 0 spiro atoms. The van der Waals surface area contributed by atoms with Gasteiger partial charge in [-0.05, 0) is 18.2 Å². The number of carbonyl (C=O) groups excluding carboxylic acids is 1. The van der Waals surface area contributed by atoms with E-state index in [4.69, 9.17) is 0 Å². The van der Waals surface area contributed by atoms with E-state index in [1.807, 2.05) is 30.3 Å². The van der Waals surface area contributed by atoms with Crippen molar-refractivity contribution in [3.63, 3.8) is 0 Å². The van der Waals surface area contributed by atoms with Gasteiger partial charge < -0.3 is 10.3 Å². The van der Waals surface area contributed by atoms with Crippen molar-refractivity contribution in [2.45, 2.75) is 0 Å². The van der Waals surface area contributed by atoms with Crippen LogP contribution in [0.1, 0.15) is 10.4 Å². The summed E-state index contributed by atoms with van der Waals surface area (Å²) in [7, 11) is 0. The molecule has 0 atom stereocenters. The molecule has 0 aliphatic heterocycles. The third-order valence-corrected chi connectivity index (χ3v) is 1.82. The average molecular weight is 185 g/mol. The summed E-state index contributed by atoms with van der Waals surface area (Å²) in [5.41, 5.74) is 1.29. The Morgan fingerprint density at radius 3 is 2.64 bits per heavy atom. The molecule has 3 nitrogen and oxygen atoms in total. The number of aromatic amines is 1. The predicted octanol–water partition coefficient (Wildman–Crippen LogP) is 2.07. The highest BCUT2D eigenvalue weighted by Gasteiger charge is 2.05. The zero-order chi connectivity index (χ0) is 9.80. The van der Waals surface area contributed by atoms with Gasteiger partial charge in [0.15, 0.2) is 0 Å². The first-order valence-corrected chi connectivity index (χ1v) is 4.28. The first-order valence-electron chi connectivity index (χ1n) is 4.28. The maximum absolute atomic E-state index is 11.5. The summed E-state index contributed by atoms with van der Waals surface area (Å²) < 4.78 is 0. The van der Waals surface area contributed by atoms with Crippen molar-refractivity contribution in [3.8, 4) is 0 Å². The van der Waals surface area contributed by atoms with Gasteiger partial charge in [0.1, 0.15) is 0 Å². The van der Waals surface area contributed by atoms with Gasteiger partial charge in [-0.3, -0.25) is 4.79 Å². The van der Waals surface area contributed by atoms with Gasteiger partial charge in [-0.15, -0.1) is 0 Å². The van der Waals surface area contributed by atoms with Crippen molar-refractivity contribution >= 4 is 11.6 Å². The Balaban J connectivity index is 2.10. The van der Waals surface area contributed by atoms with Crippen molar-refractivity contribution in [1.29, 1.82) is 0 Å². The molecule has 14 heavy (non-hydrogen) atoms. The maximum Gasteiger partial charge on any atom is 0.257 e. The van der Waals surface area contributed by atoms with Gasteiger partial charge in [0.2, 0.25) is 0 Å². The minimum Gasteiger partial charge on any atom is -0.359 e. The van der Waals surface area contributed by atoms with Crippen LogP contribution < -0.4 is 5.32 Å². The summed E-state index contributed by atoms with van der Waals surface area (Å²) >= 11 is 0. The molecule has 1 aromatic heterocycles. The lowest BCUT2D eigenvalue weighted by Crippen LogP contribution is -2.10. The number of amides is 1. The van der Waals surface area contributed by atoms with Crippen molar-refractivity contribution in [2.24, 2.45) is 0 Å². The second-order valence-corrected chi connectivity index (χ2v) is 2.84. The number of anilines is 1. The molecule has 0 saturated carbocycles. The minimum absolute atomic E-state index is 0.155. The third-order valence-electron chi connectivity index (χ3n) is 1.82. The number of para-hydroxylation sites is 1. The number of aromatic nitrogens is 1. The molecule has 0 fully saturated rings. The number of hydrogen-bond donors (Lipinski definition) is 2. The highest BCUT2D eigenvalue weighted by Crippen LogP contribution is 2.07. The van der Waals surface area contributed by atoms with Crippen LogP contribution in [-0.2, 0) is 0 Å². The molecule has 1 heterocycles. The fraction of sp³-hybridized carbons (Fsp3) is 0. The van der Waals surface area contributed by atoms with Crippen molar-refractivity contribution in [3.05, 3.63) is 54.4 Å². The summed E-state index contributed by atoms with van der Waals surface area (Å²) in [5.74, 6) is -0.155. The second-order valence-electron chi connectivity index (χ2n) is 2.84. The highest BCUT2D eigenvalue weighted by molar-refractivity contribution is 6.03. The fourth-order valence-corrected chi connectivity index (χ4v) is 1.14. The fourth-order valence-electron chi connectivity index (χ4n) is 1.14. The molecule has 2 rings (SSSR count). The number of benzene rings is 1. The second kappa shape index (κ2) is 3.79. The molecule has 1 amide bonds. The topological polar surface area (TPSA) is 44.9 Å². The monoisotopic (exact) mass is 185 g/mol. The van der Waals surface area contributed by atoms with Crippen molar-refractivity contribution in [1.82, 2.24) is 4.98 Å². The van der Waals surface area contributed by atoms with E-state index in [1.165, 1.54) is 0 Å². The molecule has 0 aliphatic carbocycles. The lowest BCUT2D eigenvalue weighted by molar-refractivity contribution is 0.102. The number of rotatable bonds is 2. The maximum atomic E-state index is 11.5. The molecule has 1 radical (unpaired) electrons. The first-order chi connectivity index (χ1) is 6.86. The number of carbonyl (C=O) groups is 1. The van der Waals surface area contributed by atoms with Gasteiger partial charge >= 0.3 is 0 Å². The molecular formula is C11H9N2O. The summed E-state index contributed by atoms with van der Waals surface area (Å²) in [6, 6.07) is 11.0. The standard InChI is InChI=1S/C11H9N2O/c14-11(9-6-7-12-8-9)13-10-4-2-1-3-5-10/h1-7,12H,(H,13,14). The molecule has 69 valence electrons. The molecular weight excluding hydrogens is 176 g/mol. The van der Waals surface area contributed by atoms with Crippen molar-refractivity contribution in [2.75, 3.05) is 5.32 Å². The highest BCUT2D eigenvalue weighted by atomic mass is 16.1. The molecule has 0 aliphatic rings. The summed E-state index contributed by atoms with van der Waals surface area (Å²) in [6.07, 6.45) is 4.39. The molecule has 0 unspecified atom stereocenters. The van der Waals surface area contributed by atoms with Gasteiger partial charge in [-0.2, -0.15) is 0 Å². The normalized spacial score (nSPS) is 9.71. The van der Waals surface area contributed by atoms with Crippen molar-refractivity contribution < 1.29 is 4.79 Å². The van der Waals surface area contributed by atoms with Crippen LogP contribution in [0.5, 0.6) is 0 Å². The van der Waals surface area contributed by atoms with E-state index in [1.54, 1.807) is 12.3 Å². The van der Waals surface area contributed by atoms with Gasteiger partial charge in [0.05, 0.1) is 11.8 Å². The molecule has 2 aromatic rings.